The maximum absolute atomic E-state index is 13.2. The van der Waals surface area contributed by atoms with Crippen molar-refractivity contribution >= 4 is 40.9 Å². The van der Waals surface area contributed by atoms with Crippen LogP contribution in [-0.2, 0) is 16.0 Å². The number of hydrogen-bond donors (Lipinski definition) is 1. The molecule has 1 N–H and O–H groups in total. The standard InChI is InChI=1S/C21H18ClN3O2S/c1-13-5-3-4-6-14(13)11-18-20(27)25(16-9-7-15(22)8-10-16)21(28-18)17(12-23)19(26)24-2/h3-10,18H,11H2,1-2H3,(H,24,26)/b21-17-. The van der Waals surface area contributed by atoms with Gasteiger partial charge in [0.25, 0.3) is 5.91 Å². The van der Waals surface area contributed by atoms with Gasteiger partial charge in [0, 0.05) is 17.8 Å². The zero-order valence-electron chi connectivity index (χ0n) is 15.4. The Labute approximate surface area is 173 Å². The number of hydrogen-bond acceptors (Lipinski definition) is 4. The van der Waals surface area contributed by atoms with Crippen LogP contribution in [0.15, 0.2) is 59.1 Å². The molecule has 1 unspecified atom stereocenters. The fourth-order valence-corrected chi connectivity index (χ4v) is 4.40. The average Bonchev–Trinajstić information content (AvgIpc) is 3.01. The Morgan fingerprint density at radius 1 is 1.25 bits per heavy atom. The summed E-state index contributed by atoms with van der Waals surface area (Å²) in [6, 6.07) is 16.6. The van der Waals surface area contributed by atoms with E-state index in [9.17, 15) is 14.9 Å². The molecule has 5 nitrogen and oxygen atoms in total. The zero-order valence-corrected chi connectivity index (χ0v) is 17.0. The topological polar surface area (TPSA) is 73.2 Å². The molecular formula is C21H18ClN3O2S. The molecule has 0 aliphatic carbocycles. The molecule has 28 heavy (non-hydrogen) atoms. The SMILES string of the molecule is CNC(=O)/C(C#N)=C1\SC(Cc2ccccc2C)C(=O)N1c1ccc(Cl)cc1. The largest absolute Gasteiger partial charge is 0.354 e. The number of rotatable bonds is 4. The van der Waals surface area contributed by atoms with Gasteiger partial charge in [0.05, 0.1) is 5.25 Å². The lowest BCUT2D eigenvalue weighted by Crippen LogP contribution is -2.31. The van der Waals surface area contributed by atoms with Gasteiger partial charge in [-0.25, -0.2) is 0 Å². The lowest BCUT2D eigenvalue weighted by Gasteiger charge is -2.18. The van der Waals surface area contributed by atoms with Gasteiger partial charge in [-0.15, -0.1) is 0 Å². The number of carbonyl (C=O) groups excluding carboxylic acids is 2. The second-order valence-corrected chi connectivity index (χ2v) is 7.89. The van der Waals surface area contributed by atoms with Gasteiger partial charge in [0.1, 0.15) is 16.7 Å². The van der Waals surface area contributed by atoms with Crippen LogP contribution in [0.3, 0.4) is 0 Å². The highest BCUT2D eigenvalue weighted by molar-refractivity contribution is 8.05. The molecule has 0 spiro atoms. The van der Waals surface area contributed by atoms with Crippen molar-refractivity contribution in [2.75, 3.05) is 11.9 Å². The molecule has 3 rings (SSSR count). The van der Waals surface area contributed by atoms with Gasteiger partial charge >= 0.3 is 0 Å². The Kier molecular flexibility index (Phi) is 6.08. The molecule has 2 amide bonds. The van der Waals surface area contributed by atoms with Crippen molar-refractivity contribution in [3.8, 4) is 6.07 Å². The Morgan fingerprint density at radius 3 is 2.54 bits per heavy atom. The molecule has 2 aromatic rings. The Hall–Kier alpha value is -2.75. The number of nitrogens with one attached hydrogen (secondary N) is 1. The lowest BCUT2D eigenvalue weighted by molar-refractivity contribution is -0.117. The molecule has 7 heteroatoms. The molecule has 1 aliphatic heterocycles. The van der Waals surface area contributed by atoms with Gasteiger partial charge in [0.15, 0.2) is 0 Å². The number of likely N-dealkylation sites (N-methyl/N-ethyl adjacent to an activating group) is 1. The number of nitrogens with zero attached hydrogens (tertiary/aromatic N) is 2. The maximum atomic E-state index is 13.2. The second kappa shape index (κ2) is 8.51. The molecule has 0 saturated carbocycles. The number of nitriles is 1. The summed E-state index contributed by atoms with van der Waals surface area (Å²) in [6.45, 7) is 2.00. The summed E-state index contributed by atoms with van der Waals surface area (Å²) >= 11 is 7.22. The Balaban J connectivity index is 2.06. The number of halogens is 1. The van der Waals surface area contributed by atoms with Crippen LogP contribution < -0.4 is 10.2 Å². The van der Waals surface area contributed by atoms with Crippen LogP contribution in [-0.4, -0.2) is 24.1 Å². The predicted molar refractivity (Wildman–Crippen MR) is 112 cm³/mol. The van der Waals surface area contributed by atoms with E-state index in [1.165, 1.54) is 23.7 Å². The summed E-state index contributed by atoms with van der Waals surface area (Å²) in [5, 5.41) is 12.5. The first-order valence-electron chi connectivity index (χ1n) is 8.63. The third-order valence-electron chi connectivity index (χ3n) is 4.48. The Bertz CT molecular complexity index is 995. The highest BCUT2D eigenvalue weighted by Crippen LogP contribution is 2.42. The third-order valence-corrected chi connectivity index (χ3v) is 6.00. The van der Waals surface area contributed by atoms with Crippen LogP contribution in [0.25, 0.3) is 0 Å². The van der Waals surface area contributed by atoms with Crippen molar-refractivity contribution in [3.63, 3.8) is 0 Å². The second-order valence-electron chi connectivity index (χ2n) is 6.26. The average molecular weight is 412 g/mol. The van der Waals surface area contributed by atoms with Gasteiger partial charge in [-0.05, 0) is 48.7 Å². The lowest BCUT2D eigenvalue weighted by atomic mass is 10.0. The van der Waals surface area contributed by atoms with E-state index >= 15 is 0 Å². The fourth-order valence-electron chi connectivity index (χ4n) is 2.98. The first kappa shape index (κ1) is 20.0. The molecule has 0 radical (unpaired) electrons. The highest BCUT2D eigenvalue weighted by atomic mass is 35.5. The van der Waals surface area contributed by atoms with Gasteiger partial charge in [0.2, 0.25) is 5.91 Å². The number of amides is 2. The number of aryl methyl sites for hydroxylation is 1. The summed E-state index contributed by atoms with van der Waals surface area (Å²) in [6.07, 6.45) is 0.510. The van der Waals surface area contributed by atoms with Crippen LogP contribution in [0, 0.1) is 18.3 Å². The molecule has 0 aromatic heterocycles. The number of anilines is 1. The van der Waals surface area contributed by atoms with Crippen molar-refractivity contribution in [3.05, 3.63) is 75.3 Å². The quantitative estimate of drug-likeness (QED) is 0.613. The van der Waals surface area contributed by atoms with Crippen LogP contribution in [0.2, 0.25) is 5.02 Å². The van der Waals surface area contributed by atoms with Crippen molar-refractivity contribution < 1.29 is 9.59 Å². The highest BCUT2D eigenvalue weighted by Gasteiger charge is 2.40. The minimum Gasteiger partial charge on any atom is -0.354 e. The van der Waals surface area contributed by atoms with Crippen LogP contribution in [0.1, 0.15) is 11.1 Å². The zero-order chi connectivity index (χ0) is 20.3. The van der Waals surface area contributed by atoms with E-state index < -0.39 is 11.2 Å². The number of carbonyl (C=O) groups is 2. The first-order chi connectivity index (χ1) is 13.5. The van der Waals surface area contributed by atoms with Gasteiger partial charge < -0.3 is 5.32 Å². The maximum Gasteiger partial charge on any atom is 0.264 e. The normalized spacial score (nSPS) is 18.0. The molecule has 1 heterocycles. The van der Waals surface area contributed by atoms with Gasteiger partial charge in [-0.1, -0.05) is 47.6 Å². The van der Waals surface area contributed by atoms with Crippen molar-refractivity contribution in [1.82, 2.24) is 5.32 Å². The minimum atomic E-state index is -0.520. The Morgan fingerprint density at radius 2 is 1.93 bits per heavy atom. The summed E-state index contributed by atoms with van der Waals surface area (Å²) in [4.78, 5) is 26.9. The molecule has 142 valence electrons. The molecule has 1 aliphatic rings. The number of thioether (sulfide) groups is 1. The molecule has 2 aromatic carbocycles. The van der Waals surface area contributed by atoms with E-state index in [0.29, 0.717) is 22.2 Å². The van der Waals surface area contributed by atoms with E-state index in [1.54, 1.807) is 24.3 Å². The smallest absolute Gasteiger partial charge is 0.264 e. The predicted octanol–water partition coefficient (Wildman–Crippen LogP) is 3.82. The summed E-state index contributed by atoms with van der Waals surface area (Å²) in [5.41, 5.74) is 2.64. The molecule has 1 atom stereocenters. The third kappa shape index (κ3) is 3.91. The molecule has 1 fully saturated rings. The molecular weight excluding hydrogens is 394 g/mol. The summed E-state index contributed by atoms with van der Waals surface area (Å²) < 4.78 is 0. The van der Waals surface area contributed by atoms with Crippen LogP contribution in [0.5, 0.6) is 0 Å². The minimum absolute atomic E-state index is 0.0805. The van der Waals surface area contributed by atoms with Gasteiger partial charge in [-0.2, -0.15) is 5.26 Å². The van der Waals surface area contributed by atoms with E-state index in [4.69, 9.17) is 11.6 Å². The van der Waals surface area contributed by atoms with E-state index in [-0.39, 0.29) is 11.5 Å². The monoisotopic (exact) mass is 411 g/mol. The van der Waals surface area contributed by atoms with Gasteiger partial charge in [-0.3, -0.25) is 14.5 Å². The summed E-state index contributed by atoms with van der Waals surface area (Å²) in [5.74, 6) is -0.685. The molecule has 0 bridgehead atoms. The van der Waals surface area contributed by atoms with Crippen molar-refractivity contribution in [2.45, 2.75) is 18.6 Å². The van der Waals surface area contributed by atoms with Crippen LogP contribution in [0.4, 0.5) is 5.69 Å². The first-order valence-corrected chi connectivity index (χ1v) is 9.89. The van der Waals surface area contributed by atoms with E-state index in [0.717, 1.165) is 11.1 Å². The summed E-state index contributed by atoms with van der Waals surface area (Å²) in [7, 11) is 1.46. The number of benzene rings is 2. The van der Waals surface area contributed by atoms with Crippen molar-refractivity contribution in [2.24, 2.45) is 0 Å². The fraction of sp³-hybridized carbons (Fsp3) is 0.190. The van der Waals surface area contributed by atoms with Crippen molar-refractivity contribution in [1.29, 1.82) is 5.26 Å². The molecule has 1 saturated heterocycles. The van der Waals surface area contributed by atoms with E-state index in [1.807, 2.05) is 37.3 Å². The van der Waals surface area contributed by atoms with E-state index in [2.05, 4.69) is 5.32 Å². The van der Waals surface area contributed by atoms with Crippen LogP contribution >= 0.6 is 23.4 Å².